The van der Waals surface area contributed by atoms with Crippen molar-refractivity contribution >= 4 is 76.6 Å². The molecule has 2 saturated heterocycles. The highest BCUT2D eigenvalue weighted by atomic mass is 36.0. The van der Waals surface area contributed by atoms with E-state index in [0.717, 1.165) is 15.4 Å². The number of hydrogen-bond acceptors (Lipinski definition) is 6. The Morgan fingerprint density at radius 2 is 1.07 bits per heavy atom. The van der Waals surface area contributed by atoms with Crippen LogP contribution in [0.1, 0.15) is 23.2 Å². The molecule has 0 radical (unpaired) electrons. The number of β-lactam (4-membered cyclic amide) rings is 2. The van der Waals surface area contributed by atoms with Crippen molar-refractivity contribution < 1.29 is 18.0 Å². The van der Waals surface area contributed by atoms with E-state index in [2.05, 4.69) is 45.6 Å². The van der Waals surface area contributed by atoms with E-state index in [0.29, 0.717) is 0 Å². The lowest BCUT2D eigenvalue weighted by Gasteiger charge is -2.50. The Bertz CT molecular complexity index is 1650. The number of amides is 2. The summed E-state index contributed by atoms with van der Waals surface area (Å²) in [7, 11) is 8.49. The minimum atomic E-state index is -3.72. The third-order valence-corrected chi connectivity index (χ3v) is 9.98. The summed E-state index contributed by atoms with van der Waals surface area (Å²) in [6.45, 7) is 0. The van der Waals surface area contributed by atoms with Crippen LogP contribution in [0.15, 0.2) is 131 Å². The number of carbonyl (C=O) groups excluding carboxylic acids is 2. The van der Waals surface area contributed by atoms with E-state index in [1.807, 2.05) is 109 Å². The molecule has 0 spiro atoms. The maximum atomic E-state index is 12.2. The largest absolute Gasteiger partial charge is 0.336 e. The predicted octanol–water partition coefficient (Wildman–Crippen LogP) is 8.00. The quantitative estimate of drug-likeness (QED) is 0.115. The van der Waals surface area contributed by atoms with Crippen molar-refractivity contribution in [1.29, 1.82) is 0 Å². The summed E-state index contributed by atoms with van der Waals surface area (Å²) in [5.41, 5.74) is 2.27. The van der Waals surface area contributed by atoms with Gasteiger partial charge in [0, 0.05) is 45.3 Å². The molecule has 0 aliphatic carbocycles. The number of halogens is 3. The number of rotatable bonds is 6. The van der Waals surface area contributed by atoms with Gasteiger partial charge in [0.05, 0.1) is 12.1 Å². The molecule has 230 valence electrons. The van der Waals surface area contributed by atoms with Crippen LogP contribution >= 0.6 is 56.5 Å². The molecule has 2 heterocycles. The number of likely N-dealkylation sites (tertiary alicyclic amines) is 2. The summed E-state index contributed by atoms with van der Waals surface area (Å²) in [6, 6.07) is 40.1. The summed E-state index contributed by atoms with van der Waals surface area (Å²) < 4.78 is 17.4. The summed E-state index contributed by atoms with van der Waals surface area (Å²) in [6.07, 6.45) is 0. The summed E-state index contributed by atoms with van der Waals surface area (Å²) in [5.74, 6) is 0.171. The molecular formula is C32H29Cl3N2O4S3. The van der Waals surface area contributed by atoms with Gasteiger partial charge in [-0.1, -0.05) is 120 Å². The van der Waals surface area contributed by atoms with E-state index >= 15 is 0 Å². The number of thioether (sulfide) groups is 2. The van der Waals surface area contributed by atoms with E-state index in [1.54, 1.807) is 23.7 Å². The van der Waals surface area contributed by atoms with Gasteiger partial charge >= 0.3 is 8.26 Å². The maximum absolute atomic E-state index is 12.2. The lowest BCUT2D eigenvalue weighted by Crippen LogP contribution is -2.61. The average molecular weight is 708 g/mol. The van der Waals surface area contributed by atoms with Gasteiger partial charge in [-0.25, -0.2) is 0 Å². The third-order valence-electron chi connectivity index (χ3n) is 6.92. The molecule has 2 aliphatic rings. The first-order chi connectivity index (χ1) is 20.9. The van der Waals surface area contributed by atoms with Gasteiger partial charge in [-0.05, 0) is 35.4 Å². The van der Waals surface area contributed by atoms with Crippen molar-refractivity contribution in [1.82, 2.24) is 9.80 Å². The number of alkyl halides is 1. The van der Waals surface area contributed by atoms with Crippen LogP contribution in [-0.4, -0.2) is 53.6 Å². The van der Waals surface area contributed by atoms with Gasteiger partial charge in [0.15, 0.2) is 4.21 Å². The Morgan fingerprint density at radius 1 is 0.659 bits per heavy atom. The molecule has 2 amide bonds. The van der Waals surface area contributed by atoms with Crippen LogP contribution in [0, 0.1) is 0 Å². The van der Waals surface area contributed by atoms with Crippen LogP contribution in [0.4, 0.5) is 0 Å². The molecule has 0 aromatic heterocycles. The van der Waals surface area contributed by atoms with Crippen LogP contribution in [0.5, 0.6) is 0 Å². The maximum Gasteiger partial charge on any atom is 0.317 e. The second kappa shape index (κ2) is 15.1. The highest BCUT2D eigenvalue weighted by Gasteiger charge is 2.59. The Labute approximate surface area is 280 Å². The lowest BCUT2D eigenvalue weighted by molar-refractivity contribution is -0.145. The zero-order valence-electron chi connectivity index (χ0n) is 23.7. The molecule has 0 unspecified atom stereocenters. The van der Waals surface area contributed by atoms with Gasteiger partial charge in [-0.2, -0.15) is 8.42 Å². The fourth-order valence-electron chi connectivity index (χ4n) is 4.89. The topological polar surface area (TPSA) is 74.8 Å². The predicted molar refractivity (Wildman–Crippen MR) is 182 cm³/mol. The van der Waals surface area contributed by atoms with Crippen LogP contribution in [-0.2, 0) is 17.9 Å². The van der Waals surface area contributed by atoms with Crippen molar-refractivity contribution in [2.75, 3.05) is 14.1 Å². The first-order valence-corrected chi connectivity index (χ1v) is 18.5. The first-order valence-electron chi connectivity index (χ1n) is 13.3. The van der Waals surface area contributed by atoms with Crippen molar-refractivity contribution in [3.8, 4) is 0 Å². The number of nitrogens with zero attached hydrogens (tertiary/aromatic N) is 2. The molecule has 44 heavy (non-hydrogen) atoms. The highest BCUT2D eigenvalue weighted by molar-refractivity contribution is 8.31. The fourth-order valence-corrected chi connectivity index (χ4v) is 8.18. The zero-order chi connectivity index (χ0) is 31.9. The Morgan fingerprint density at radius 3 is 1.55 bits per heavy atom. The van der Waals surface area contributed by atoms with Crippen molar-refractivity contribution in [3.63, 3.8) is 0 Å². The van der Waals surface area contributed by atoms with E-state index in [4.69, 9.17) is 20.0 Å². The summed E-state index contributed by atoms with van der Waals surface area (Å²) >= 11 is 9.74. The SMILES string of the molecule is CN1C(=O)[C@@H](Sc2ccccc2)[C@@H]1c1ccccc1.CN1C(=O)[C@@](Cl)(Sc2ccccc2)[C@@H]1c1ccccc1.O=S(=O)(Cl)Cl. The van der Waals surface area contributed by atoms with Crippen LogP contribution < -0.4 is 0 Å². The molecule has 4 atom stereocenters. The second-order valence-corrected chi connectivity index (χ2v) is 16.8. The molecule has 0 N–H and O–H groups in total. The molecule has 2 fully saturated rings. The smallest absolute Gasteiger partial charge is 0.317 e. The lowest BCUT2D eigenvalue weighted by atomic mass is 9.93. The van der Waals surface area contributed by atoms with E-state index in [9.17, 15) is 9.59 Å². The normalized spacial score (nSPS) is 22.4. The monoisotopic (exact) mass is 706 g/mol. The second-order valence-electron chi connectivity index (χ2n) is 9.82. The average Bonchev–Trinajstić information content (AvgIpc) is 3.02. The van der Waals surface area contributed by atoms with Crippen molar-refractivity contribution in [2.45, 2.75) is 31.3 Å². The van der Waals surface area contributed by atoms with Gasteiger partial charge in [-0.3, -0.25) is 9.59 Å². The molecule has 2 aliphatic heterocycles. The molecule has 4 aromatic rings. The van der Waals surface area contributed by atoms with Crippen molar-refractivity contribution in [3.05, 3.63) is 132 Å². The molecule has 4 aromatic carbocycles. The Balaban J connectivity index is 0.000000175. The van der Waals surface area contributed by atoms with E-state index < -0.39 is 12.5 Å². The van der Waals surface area contributed by atoms with E-state index in [1.165, 1.54) is 17.3 Å². The summed E-state index contributed by atoms with van der Waals surface area (Å²) in [5, 5.41) is -0.00481. The summed E-state index contributed by atoms with van der Waals surface area (Å²) in [4.78, 5) is 30.0. The van der Waals surface area contributed by atoms with Gasteiger partial charge < -0.3 is 9.80 Å². The van der Waals surface area contributed by atoms with Gasteiger partial charge in [0.25, 0.3) is 5.91 Å². The first kappa shape index (κ1) is 34.2. The van der Waals surface area contributed by atoms with Crippen molar-refractivity contribution in [2.24, 2.45) is 0 Å². The number of benzene rings is 4. The number of hydrogen-bond donors (Lipinski definition) is 0. The standard InChI is InChI=1S/C16H14ClNOS.C16H15NOS.Cl2O2S/c1-18-14(12-8-4-2-5-9-12)16(17,15(18)19)20-13-10-6-3-7-11-13;1-17-14(12-8-4-2-5-9-12)15(16(17)18)19-13-10-6-3-7-11-13;1-5(2,3)4/h2-11,14H,1H3;2-11,14-15H,1H3;/t14-,16-;14-,15-;/m00./s1. The van der Waals surface area contributed by atoms with Crippen LogP contribution in [0.3, 0.4) is 0 Å². The van der Waals surface area contributed by atoms with Gasteiger partial charge in [0.2, 0.25) is 5.91 Å². The Hall–Kier alpha value is -2.66. The molecule has 0 bridgehead atoms. The molecule has 6 rings (SSSR count). The number of carbonyl (C=O) groups is 2. The Kier molecular flexibility index (Phi) is 11.7. The van der Waals surface area contributed by atoms with Crippen LogP contribution in [0.25, 0.3) is 0 Å². The zero-order valence-corrected chi connectivity index (χ0v) is 28.4. The van der Waals surface area contributed by atoms with Crippen LogP contribution in [0.2, 0.25) is 0 Å². The fraction of sp³-hybridized carbons (Fsp3) is 0.188. The molecular weight excluding hydrogens is 679 g/mol. The molecule has 12 heteroatoms. The van der Waals surface area contributed by atoms with E-state index in [-0.39, 0.29) is 29.1 Å². The van der Waals surface area contributed by atoms with Gasteiger partial charge in [-0.15, -0.1) is 11.8 Å². The van der Waals surface area contributed by atoms with Gasteiger partial charge in [0.1, 0.15) is 5.25 Å². The molecule has 6 nitrogen and oxygen atoms in total. The minimum Gasteiger partial charge on any atom is -0.336 e. The minimum absolute atomic E-state index is 0.00481. The molecule has 0 saturated carbocycles. The highest BCUT2D eigenvalue weighted by Crippen LogP contribution is 2.56. The third kappa shape index (κ3) is 8.53.